The van der Waals surface area contributed by atoms with Gasteiger partial charge in [0.15, 0.2) is 0 Å². The van der Waals surface area contributed by atoms with Crippen molar-refractivity contribution in [3.63, 3.8) is 0 Å². The van der Waals surface area contributed by atoms with Crippen LogP contribution >= 0.6 is 11.3 Å². The number of carbonyl (C=O) groups is 1. The number of ether oxygens (including phenoxy) is 1. The first-order valence-electron chi connectivity index (χ1n) is 5.12. The highest BCUT2D eigenvalue weighted by molar-refractivity contribution is 7.89. The maximum Gasteiger partial charge on any atom is 0.349 e. The summed E-state index contributed by atoms with van der Waals surface area (Å²) in [6.07, 6.45) is 0. The Morgan fingerprint density at radius 2 is 2.17 bits per heavy atom. The molecule has 0 atom stereocenters. The second-order valence-corrected chi connectivity index (χ2v) is 7.07. The van der Waals surface area contributed by atoms with Crippen molar-refractivity contribution in [1.29, 1.82) is 0 Å². The van der Waals surface area contributed by atoms with Gasteiger partial charge in [-0.15, -0.1) is 11.3 Å². The Morgan fingerprint density at radius 3 is 2.67 bits per heavy atom. The van der Waals surface area contributed by atoms with E-state index in [1.54, 1.807) is 13.8 Å². The maximum absolute atomic E-state index is 12.0. The second-order valence-electron chi connectivity index (χ2n) is 4.42. The summed E-state index contributed by atoms with van der Waals surface area (Å²) in [5.74, 6) is -0.669. The van der Waals surface area contributed by atoms with Gasteiger partial charge in [0.25, 0.3) is 0 Å². The minimum Gasteiger partial charge on any atom is -0.465 e. The average molecular weight is 292 g/mol. The monoisotopic (exact) mass is 292 g/mol. The minimum absolute atomic E-state index is 0.0554. The van der Waals surface area contributed by atoms with Gasteiger partial charge < -0.3 is 10.5 Å². The summed E-state index contributed by atoms with van der Waals surface area (Å²) in [5.41, 5.74) is 5.03. The van der Waals surface area contributed by atoms with Crippen LogP contribution in [0.2, 0.25) is 0 Å². The quantitative estimate of drug-likeness (QED) is 0.772. The van der Waals surface area contributed by atoms with Crippen LogP contribution < -0.4 is 10.5 Å². The molecule has 6 nitrogen and oxygen atoms in total. The fourth-order valence-electron chi connectivity index (χ4n) is 1.11. The number of carbonyl (C=O) groups excluding carboxylic acids is 1. The molecule has 0 aliphatic rings. The molecule has 0 aromatic carbocycles. The predicted molar refractivity (Wildman–Crippen MR) is 69.1 cm³/mol. The first kappa shape index (κ1) is 15.1. The largest absolute Gasteiger partial charge is 0.465 e. The number of thiophene rings is 1. The van der Waals surface area contributed by atoms with Crippen molar-refractivity contribution in [2.45, 2.75) is 24.3 Å². The Bertz CT molecular complexity index is 528. The summed E-state index contributed by atoms with van der Waals surface area (Å²) < 4.78 is 30.9. The van der Waals surface area contributed by atoms with Gasteiger partial charge in [0, 0.05) is 12.1 Å². The van der Waals surface area contributed by atoms with Crippen molar-refractivity contribution in [3.05, 3.63) is 16.3 Å². The molecule has 1 aromatic heterocycles. The van der Waals surface area contributed by atoms with Crippen LogP contribution in [0.5, 0.6) is 0 Å². The third kappa shape index (κ3) is 3.77. The lowest BCUT2D eigenvalue weighted by atomic mass is 10.1. The zero-order valence-corrected chi connectivity index (χ0v) is 12.0. The van der Waals surface area contributed by atoms with Crippen molar-refractivity contribution in [3.8, 4) is 0 Å². The van der Waals surface area contributed by atoms with Gasteiger partial charge >= 0.3 is 5.97 Å². The van der Waals surface area contributed by atoms with E-state index in [4.69, 9.17) is 5.73 Å². The molecule has 0 aliphatic heterocycles. The molecule has 0 unspecified atom stereocenters. The van der Waals surface area contributed by atoms with Crippen LogP contribution in [0.4, 0.5) is 0 Å². The summed E-state index contributed by atoms with van der Waals surface area (Å²) >= 11 is 1.02. The standard InChI is InChI=1S/C10H16N2O4S2/c1-10(2,11)6-12-18(14,15)7-4-5-17-8(7)9(13)16-3/h4-5,12H,6,11H2,1-3H3. The molecule has 1 rings (SSSR count). The molecule has 0 saturated heterocycles. The highest BCUT2D eigenvalue weighted by Gasteiger charge is 2.25. The van der Waals surface area contributed by atoms with Crippen molar-refractivity contribution >= 4 is 27.3 Å². The third-order valence-corrected chi connectivity index (χ3v) is 4.47. The fourth-order valence-corrected chi connectivity index (χ4v) is 3.67. The van der Waals surface area contributed by atoms with E-state index >= 15 is 0 Å². The van der Waals surface area contributed by atoms with Gasteiger partial charge in [0.1, 0.15) is 9.77 Å². The Kier molecular flexibility index (Phi) is 4.49. The summed E-state index contributed by atoms with van der Waals surface area (Å²) in [5, 5.41) is 1.52. The molecular weight excluding hydrogens is 276 g/mol. The topological polar surface area (TPSA) is 98.5 Å². The number of rotatable bonds is 5. The summed E-state index contributed by atoms with van der Waals surface area (Å²) in [4.78, 5) is 11.4. The molecule has 102 valence electrons. The van der Waals surface area contributed by atoms with Crippen molar-refractivity contribution in [1.82, 2.24) is 4.72 Å². The zero-order chi connectivity index (χ0) is 14.0. The van der Waals surface area contributed by atoms with Crippen LogP contribution in [-0.4, -0.2) is 33.6 Å². The maximum atomic E-state index is 12.0. The normalized spacial score (nSPS) is 12.4. The lowest BCUT2D eigenvalue weighted by Gasteiger charge is -2.18. The zero-order valence-electron chi connectivity index (χ0n) is 10.4. The third-order valence-electron chi connectivity index (χ3n) is 2.01. The Morgan fingerprint density at radius 1 is 1.56 bits per heavy atom. The average Bonchev–Trinajstić information content (AvgIpc) is 2.74. The first-order chi connectivity index (χ1) is 8.17. The molecule has 8 heteroatoms. The van der Waals surface area contributed by atoms with E-state index in [1.807, 2.05) is 0 Å². The van der Waals surface area contributed by atoms with Crippen molar-refractivity contribution in [2.75, 3.05) is 13.7 Å². The summed E-state index contributed by atoms with van der Waals surface area (Å²) in [6.45, 7) is 3.47. The van der Waals surface area contributed by atoms with Crippen LogP contribution in [0.3, 0.4) is 0 Å². The Labute approximate surface area is 110 Å². The lowest BCUT2D eigenvalue weighted by Crippen LogP contribution is -2.45. The van der Waals surface area contributed by atoms with E-state index in [2.05, 4.69) is 9.46 Å². The van der Waals surface area contributed by atoms with E-state index in [0.29, 0.717) is 0 Å². The molecule has 0 aliphatic carbocycles. The van der Waals surface area contributed by atoms with E-state index < -0.39 is 21.5 Å². The lowest BCUT2D eigenvalue weighted by molar-refractivity contribution is 0.0602. The van der Waals surface area contributed by atoms with Crippen LogP contribution in [-0.2, 0) is 14.8 Å². The van der Waals surface area contributed by atoms with Gasteiger partial charge in [-0.05, 0) is 25.3 Å². The van der Waals surface area contributed by atoms with Crippen molar-refractivity contribution < 1.29 is 17.9 Å². The minimum atomic E-state index is -3.76. The highest BCUT2D eigenvalue weighted by atomic mass is 32.2. The molecule has 0 amide bonds. The van der Waals surface area contributed by atoms with Gasteiger partial charge in [-0.25, -0.2) is 17.9 Å². The molecule has 0 fully saturated rings. The van der Waals surface area contributed by atoms with Gasteiger partial charge in [-0.3, -0.25) is 0 Å². The smallest absolute Gasteiger partial charge is 0.349 e. The molecule has 0 spiro atoms. The van der Waals surface area contributed by atoms with E-state index in [-0.39, 0.29) is 16.3 Å². The van der Waals surface area contributed by atoms with Crippen LogP contribution in [0.25, 0.3) is 0 Å². The molecule has 0 radical (unpaired) electrons. The van der Waals surface area contributed by atoms with Gasteiger partial charge in [-0.2, -0.15) is 0 Å². The van der Waals surface area contributed by atoms with Gasteiger partial charge in [0.05, 0.1) is 7.11 Å². The second kappa shape index (κ2) is 5.35. The van der Waals surface area contributed by atoms with E-state index in [1.165, 1.54) is 18.6 Å². The number of esters is 1. The number of hydrogen-bond donors (Lipinski definition) is 2. The molecule has 3 N–H and O–H groups in total. The fraction of sp³-hybridized carbons (Fsp3) is 0.500. The molecule has 1 heterocycles. The van der Waals surface area contributed by atoms with Gasteiger partial charge in [-0.1, -0.05) is 0 Å². The van der Waals surface area contributed by atoms with Crippen LogP contribution in [0.15, 0.2) is 16.3 Å². The van der Waals surface area contributed by atoms with E-state index in [9.17, 15) is 13.2 Å². The summed E-state index contributed by atoms with van der Waals surface area (Å²) in [6, 6.07) is 1.36. The van der Waals surface area contributed by atoms with Crippen molar-refractivity contribution in [2.24, 2.45) is 5.73 Å². The number of sulfonamides is 1. The number of nitrogens with one attached hydrogen (secondary N) is 1. The number of hydrogen-bond acceptors (Lipinski definition) is 6. The van der Waals surface area contributed by atoms with Gasteiger partial charge in [0.2, 0.25) is 10.0 Å². The molecule has 18 heavy (non-hydrogen) atoms. The molecule has 0 saturated carbocycles. The molecule has 0 bridgehead atoms. The van der Waals surface area contributed by atoms with E-state index in [0.717, 1.165) is 11.3 Å². The first-order valence-corrected chi connectivity index (χ1v) is 7.48. The Hall–Kier alpha value is -0.960. The molecule has 1 aromatic rings. The van der Waals surface area contributed by atoms with Crippen LogP contribution in [0, 0.1) is 0 Å². The number of nitrogens with two attached hydrogens (primary N) is 1. The SMILES string of the molecule is COC(=O)c1sccc1S(=O)(=O)NCC(C)(C)N. The number of methoxy groups -OCH3 is 1. The predicted octanol–water partition coefficient (Wildman–Crippen LogP) is 0.550. The summed E-state index contributed by atoms with van der Waals surface area (Å²) in [7, 11) is -2.55. The highest BCUT2D eigenvalue weighted by Crippen LogP contribution is 2.22. The Balaban J connectivity index is 2.99. The molecular formula is C10H16N2O4S2. The van der Waals surface area contributed by atoms with Crippen LogP contribution in [0.1, 0.15) is 23.5 Å².